The van der Waals surface area contributed by atoms with E-state index in [0.717, 1.165) is 11.5 Å². The molecule has 0 amide bonds. The minimum atomic E-state index is -5.42. The Morgan fingerprint density at radius 2 is 2.08 bits per heavy atom. The SMILES string of the molecule is CS(=O)(=O)N(OC(=O)C(F)(F)F)c1cccc(C(CC#N)n2cc(-c3ncnc4[nH]ccc34)cn2)c1. The first-order valence-corrected chi connectivity index (χ1v) is 11.9. The predicted octanol–water partition coefficient (Wildman–Crippen LogP) is 3.11. The molecule has 4 rings (SSSR count). The number of carbonyl (C=O) groups excluding carboxylic acids is 1. The topological polar surface area (TPSA) is 147 Å². The van der Waals surface area contributed by atoms with Crippen molar-refractivity contribution in [2.45, 2.75) is 18.6 Å². The number of H-pyrrole nitrogens is 1. The number of halogens is 3. The number of hydrogen-bond donors (Lipinski definition) is 1. The summed E-state index contributed by atoms with van der Waals surface area (Å²) in [6, 6.07) is 8.28. The summed E-state index contributed by atoms with van der Waals surface area (Å²) in [6.07, 6.45) is 1.29. The first-order valence-electron chi connectivity index (χ1n) is 10.1. The third-order valence-corrected chi connectivity index (χ3v) is 5.88. The van der Waals surface area contributed by atoms with Gasteiger partial charge in [-0.2, -0.15) is 23.5 Å². The van der Waals surface area contributed by atoms with Gasteiger partial charge in [0, 0.05) is 23.3 Å². The van der Waals surface area contributed by atoms with Crippen molar-refractivity contribution in [1.29, 1.82) is 5.26 Å². The maximum Gasteiger partial charge on any atom is 0.493 e. The van der Waals surface area contributed by atoms with Gasteiger partial charge in [0.2, 0.25) is 0 Å². The van der Waals surface area contributed by atoms with Crippen LogP contribution in [-0.4, -0.2) is 51.6 Å². The molecule has 1 aromatic carbocycles. The predicted molar refractivity (Wildman–Crippen MR) is 119 cm³/mol. The third kappa shape index (κ3) is 4.98. The van der Waals surface area contributed by atoms with Gasteiger partial charge in [-0.15, -0.1) is 0 Å². The van der Waals surface area contributed by atoms with Crippen molar-refractivity contribution in [3.63, 3.8) is 0 Å². The summed E-state index contributed by atoms with van der Waals surface area (Å²) in [4.78, 5) is 26.9. The number of fused-ring (bicyclic) bond motifs is 1. The van der Waals surface area contributed by atoms with Crippen LogP contribution >= 0.6 is 0 Å². The average molecular weight is 519 g/mol. The van der Waals surface area contributed by atoms with Crippen molar-refractivity contribution in [3.05, 3.63) is 60.8 Å². The number of nitriles is 1. The molecule has 1 N–H and O–H groups in total. The summed E-state index contributed by atoms with van der Waals surface area (Å²) in [6.45, 7) is 0. The smallest absolute Gasteiger partial charge is 0.346 e. The van der Waals surface area contributed by atoms with Crippen LogP contribution in [0.15, 0.2) is 55.2 Å². The molecule has 0 saturated carbocycles. The zero-order valence-corrected chi connectivity index (χ0v) is 19.2. The largest absolute Gasteiger partial charge is 0.493 e. The Morgan fingerprint density at radius 1 is 1.31 bits per heavy atom. The fourth-order valence-electron chi connectivity index (χ4n) is 3.47. The second kappa shape index (κ2) is 9.30. The minimum Gasteiger partial charge on any atom is -0.346 e. The number of rotatable bonds is 7. The lowest BCUT2D eigenvalue weighted by Crippen LogP contribution is -2.38. The molecule has 0 aliphatic carbocycles. The van der Waals surface area contributed by atoms with Crippen molar-refractivity contribution in [3.8, 4) is 17.3 Å². The summed E-state index contributed by atoms with van der Waals surface area (Å²) in [5, 5.41) is 14.5. The molecule has 36 heavy (non-hydrogen) atoms. The van der Waals surface area contributed by atoms with E-state index in [1.54, 1.807) is 18.5 Å². The van der Waals surface area contributed by atoms with E-state index >= 15 is 0 Å². The number of anilines is 1. The molecule has 1 atom stereocenters. The second-order valence-electron chi connectivity index (χ2n) is 7.51. The lowest BCUT2D eigenvalue weighted by molar-refractivity contribution is -0.199. The lowest BCUT2D eigenvalue weighted by atomic mass is 10.0. The number of alkyl halides is 3. The second-order valence-corrected chi connectivity index (χ2v) is 9.31. The van der Waals surface area contributed by atoms with Crippen molar-refractivity contribution in [2.75, 3.05) is 10.7 Å². The maximum atomic E-state index is 12.7. The van der Waals surface area contributed by atoms with Gasteiger partial charge < -0.3 is 9.82 Å². The number of carbonyl (C=O) groups is 1. The molecule has 0 fully saturated rings. The van der Waals surface area contributed by atoms with Gasteiger partial charge >= 0.3 is 12.1 Å². The normalized spacial score (nSPS) is 12.8. The molecule has 186 valence electrons. The fourth-order valence-corrected chi connectivity index (χ4v) is 4.17. The van der Waals surface area contributed by atoms with Crippen LogP contribution in [0.2, 0.25) is 0 Å². The molecule has 4 aromatic rings. The Bertz CT molecular complexity index is 1570. The van der Waals surface area contributed by atoms with Crippen molar-refractivity contribution < 1.29 is 31.2 Å². The quantitative estimate of drug-likeness (QED) is 0.367. The van der Waals surface area contributed by atoms with Crippen LogP contribution < -0.4 is 4.47 Å². The van der Waals surface area contributed by atoms with Gasteiger partial charge in [-0.25, -0.2) is 23.2 Å². The van der Waals surface area contributed by atoms with Gasteiger partial charge in [0.1, 0.15) is 12.0 Å². The lowest BCUT2D eigenvalue weighted by Gasteiger charge is -2.23. The summed E-state index contributed by atoms with van der Waals surface area (Å²) < 4.78 is 63.7. The van der Waals surface area contributed by atoms with Crippen LogP contribution in [0.4, 0.5) is 18.9 Å². The van der Waals surface area contributed by atoms with Crippen LogP contribution in [0.3, 0.4) is 0 Å². The highest BCUT2D eigenvalue weighted by Crippen LogP contribution is 2.30. The van der Waals surface area contributed by atoms with Gasteiger partial charge in [0.15, 0.2) is 0 Å². The molecule has 0 aliphatic heterocycles. The molecular formula is C21H16F3N7O4S. The Morgan fingerprint density at radius 3 is 2.78 bits per heavy atom. The zero-order valence-electron chi connectivity index (χ0n) is 18.3. The molecule has 11 nitrogen and oxygen atoms in total. The number of benzene rings is 1. The standard InChI is InChI=1S/C21H16F3N7O4S/c1-36(33,34)31(35-20(32)21(22,23)24)15-4-2-3-13(9-15)17(5-7-25)30-11-14(10-29-30)18-16-6-8-26-19(16)28-12-27-18/h2-4,6,8-12,17H,5H2,1H3,(H,26,27,28). The number of aromatic amines is 1. The van der Waals surface area contributed by atoms with Gasteiger partial charge in [-0.3, -0.25) is 4.68 Å². The van der Waals surface area contributed by atoms with Crippen molar-refractivity contribution in [2.24, 2.45) is 0 Å². The van der Waals surface area contributed by atoms with E-state index in [-0.39, 0.29) is 16.6 Å². The van der Waals surface area contributed by atoms with Gasteiger partial charge in [0.05, 0.1) is 42.4 Å². The zero-order chi connectivity index (χ0) is 26.1. The summed E-state index contributed by atoms with van der Waals surface area (Å²) in [5.41, 5.74) is 1.77. The first kappa shape index (κ1) is 24.7. The number of sulfonamides is 1. The van der Waals surface area contributed by atoms with E-state index in [2.05, 4.69) is 24.9 Å². The molecule has 3 heterocycles. The van der Waals surface area contributed by atoms with E-state index in [1.165, 1.54) is 35.4 Å². The van der Waals surface area contributed by atoms with E-state index in [1.807, 2.05) is 6.07 Å². The van der Waals surface area contributed by atoms with Crippen LogP contribution in [0.5, 0.6) is 0 Å². The van der Waals surface area contributed by atoms with Gasteiger partial charge in [-0.05, 0) is 23.8 Å². The van der Waals surface area contributed by atoms with E-state index < -0.39 is 28.2 Å². The monoisotopic (exact) mass is 519 g/mol. The minimum absolute atomic E-state index is 0.116. The molecule has 1 unspecified atom stereocenters. The van der Waals surface area contributed by atoms with E-state index in [9.17, 15) is 31.6 Å². The van der Waals surface area contributed by atoms with Gasteiger partial charge in [-0.1, -0.05) is 16.6 Å². The molecular weight excluding hydrogens is 503 g/mol. The van der Waals surface area contributed by atoms with E-state index in [0.29, 0.717) is 28.7 Å². The van der Waals surface area contributed by atoms with Crippen LogP contribution in [0.25, 0.3) is 22.3 Å². The maximum absolute atomic E-state index is 12.7. The summed E-state index contributed by atoms with van der Waals surface area (Å²) in [5.74, 6) is -2.70. The molecule has 3 aromatic heterocycles. The van der Waals surface area contributed by atoms with Crippen molar-refractivity contribution >= 4 is 32.7 Å². The Balaban J connectivity index is 1.72. The molecule has 0 bridgehead atoms. The number of nitrogens with one attached hydrogen (secondary N) is 1. The highest BCUT2D eigenvalue weighted by molar-refractivity contribution is 7.91. The Hall–Kier alpha value is -4.45. The number of hydrogen-bond acceptors (Lipinski definition) is 8. The van der Waals surface area contributed by atoms with Crippen LogP contribution in [0, 0.1) is 11.3 Å². The Labute approximate surface area is 201 Å². The third-order valence-electron chi connectivity index (χ3n) is 5.00. The summed E-state index contributed by atoms with van der Waals surface area (Å²) >= 11 is 0. The molecule has 0 saturated heterocycles. The van der Waals surface area contributed by atoms with Crippen LogP contribution in [-0.2, 0) is 19.7 Å². The first-order chi connectivity index (χ1) is 17.0. The molecule has 15 heteroatoms. The number of aromatic nitrogens is 5. The summed E-state index contributed by atoms with van der Waals surface area (Å²) in [7, 11) is -4.45. The fraction of sp³-hybridized carbons (Fsp3) is 0.190. The average Bonchev–Trinajstić information content (AvgIpc) is 3.49. The highest BCUT2D eigenvalue weighted by atomic mass is 32.2. The van der Waals surface area contributed by atoms with Gasteiger partial charge in [0.25, 0.3) is 10.0 Å². The highest BCUT2D eigenvalue weighted by Gasteiger charge is 2.44. The molecule has 0 aliphatic rings. The molecule has 0 radical (unpaired) electrons. The van der Waals surface area contributed by atoms with E-state index in [4.69, 9.17) is 0 Å². The Kier molecular flexibility index (Phi) is 6.37. The van der Waals surface area contributed by atoms with Crippen molar-refractivity contribution in [1.82, 2.24) is 24.7 Å². The molecule has 0 spiro atoms. The number of nitrogens with zero attached hydrogens (tertiary/aromatic N) is 6. The van der Waals surface area contributed by atoms with Crippen LogP contribution in [0.1, 0.15) is 18.0 Å².